The molecule has 0 aliphatic carbocycles. The van der Waals surface area contributed by atoms with Crippen LogP contribution in [0.2, 0.25) is 0 Å². The molecule has 1 aromatic rings. The van der Waals surface area contributed by atoms with Gasteiger partial charge in [0.05, 0.1) is 0 Å². The molecule has 1 atom stereocenters. The molecule has 0 aromatic heterocycles. The minimum atomic E-state index is -0.245. The first-order valence-corrected chi connectivity index (χ1v) is 5.61. The van der Waals surface area contributed by atoms with Crippen LogP contribution in [-0.2, 0) is 0 Å². The van der Waals surface area contributed by atoms with Gasteiger partial charge in [0.1, 0.15) is 17.1 Å². The molecule has 3 heteroatoms. The lowest BCUT2D eigenvalue weighted by molar-refractivity contribution is 0.130. The smallest absolute Gasteiger partial charge is 0.120 e. The van der Waals surface area contributed by atoms with E-state index in [1.54, 1.807) is 12.1 Å². The molecule has 0 saturated carbocycles. The molecular weight excluding hydrogens is 202 g/mol. The fourth-order valence-corrected chi connectivity index (χ4v) is 1.47. The maximum Gasteiger partial charge on any atom is 0.120 e. The van der Waals surface area contributed by atoms with Gasteiger partial charge in [-0.05, 0) is 45.4 Å². The number of ether oxygens (including phenoxy) is 1. The van der Waals surface area contributed by atoms with Crippen LogP contribution in [0, 0.1) is 0 Å². The average molecular weight is 223 g/mol. The lowest BCUT2D eigenvalue weighted by atomic mass is 10.0. The van der Waals surface area contributed by atoms with Gasteiger partial charge >= 0.3 is 0 Å². The van der Waals surface area contributed by atoms with E-state index in [4.69, 9.17) is 10.5 Å². The van der Waals surface area contributed by atoms with E-state index in [0.717, 1.165) is 17.7 Å². The fourth-order valence-electron chi connectivity index (χ4n) is 1.47. The molecule has 1 aromatic carbocycles. The zero-order chi connectivity index (χ0) is 12.3. The lowest BCUT2D eigenvalue weighted by Gasteiger charge is -2.22. The Morgan fingerprint density at radius 2 is 2.00 bits per heavy atom. The molecule has 0 bridgehead atoms. The van der Waals surface area contributed by atoms with Crippen LogP contribution in [0.3, 0.4) is 0 Å². The molecule has 0 saturated heterocycles. The second kappa shape index (κ2) is 4.74. The Balaban J connectivity index is 2.98. The maximum atomic E-state index is 9.70. The Bertz CT molecular complexity index is 355. The number of aromatic hydroxyl groups is 1. The summed E-state index contributed by atoms with van der Waals surface area (Å²) in [7, 11) is 0. The standard InChI is InChI=1S/C13H21NO2/c1-5-11(14)10-8-9(6-7-12(10)15)16-13(2,3)4/h6-8,11,15H,5,14H2,1-4H3/t11-/m0/s1. The number of rotatable bonds is 3. The van der Waals surface area contributed by atoms with Crippen LogP contribution in [0.5, 0.6) is 11.5 Å². The molecule has 0 aliphatic heterocycles. The van der Waals surface area contributed by atoms with Gasteiger partial charge in [-0.15, -0.1) is 0 Å². The van der Waals surface area contributed by atoms with E-state index >= 15 is 0 Å². The van der Waals surface area contributed by atoms with Crippen molar-refractivity contribution < 1.29 is 9.84 Å². The van der Waals surface area contributed by atoms with Crippen molar-refractivity contribution >= 4 is 0 Å². The molecule has 3 nitrogen and oxygen atoms in total. The largest absolute Gasteiger partial charge is 0.508 e. The molecule has 16 heavy (non-hydrogen) atoms. The number of nitrogens with two attached hydrogens (primary N) is 1. The molecule has 0 aliphatic rings. The first-order chi connectivity index (χ1) is 7.33. The van der Waals surface area contributed by atoms with Crippen molar-refractivity contribution in [3.63, 3.8) is 0 Å². The lowest BCUT2D eigenvalue weighted by Crippen LogP contribution is -2.23. The van der Waals surface area contributed by atoms with Crippen LogP contribution in [0.15, 0.2) is 18.2 Å². The van der Waals surface area contributed by atoms with E-state index in [-0.39, 0.29) is 17.4 Å². The predicted molar refractivity (Wildman–Crippen MR) is 65.7 cm³/mol. The Morgan fingerprint density at radius 1 is 1.38 bits per heavy atom. The minimum absolute atomic E-state index is 0.150. The number of hydrogen-bond donors (Lipinski definition) is 2. The van der Waals surface area contributed by atoms with Crippen molar-refractivity contribution in [1.29, 1.82) is 0 Å². The van der Waals surface area contributed by atoms with Crippen LogP contribution in [0.4, 0.5) is 0 Å². The van der Waals surface area contributed by atoms with Crippen molar-refractivity contribution in [2.45, 2.75) is 45.8 Å². The van der Waals surface area contributed by atoms with E-state index in [1.807, 2.05) is 33.8 Å². The molecule has 0 spiro atoms. The number of hydrogen-bond acceptors (Lipinski definition) is 3. The average Bonchev–Trinajstić information content (AvgIpc) is 2.18. The van der Waals surface area contributed by atoms with Gasteiger partial charge in [0.15, 0.2) is 0 Å². The van der Waals surface area contributed by atoms with Gasteiger partial charge in [-0.2, -0.15) is 0 Å². The summed E-state index contributed by atoms with van der Waals surface area (Å²) in [6, 6.07) is 5.05. The van der Waals surface area contributed by atoms with Gasteiger partial charge in [0, 0.05) is 11.6 Å². The Kier molecular flexibility index (Phi) is 3.81. The number of phenolic OH excluding ortho intramolecular Hbond substituents is 1. The summed E-state index contributed by atoms with van der Waals surface area (Å²) in [5.41, 5.74) is 6.41. The Labute approximate surface area is 97.2 Å². The van der Waals surface area contributed by atoms with Crippen molar-refractivity contribution in [2.24, 2.45) is 5.73 Å². The number of phenols is 1. The molecule has 0 amide bonds. The Hall–Kier alpha value is -1.22. The van der Waals surface area contributed by atoms with Crippen LogP contribution in [-0.4, -0.2) is 10.7 Å². The summed E-state index contributed by atoms with van der Waals surface area (Å²) in [6.07, 6.45) is 0.784. The van der Waals surface area contributed by atoms with Gasteiger partial charge in [0.25, 0.3) is 0 Å². The predicted octanol–water partition coefficient (Wildman–Crippen LogP) is 2.98. The number of benzene rings is 1. The van der Waals surface area contributed by atoms with Crippen LogP contribution >= 0.6 is 0 Å². The molecule has 3 N–H and O–H groups in total. The van der Waals surface area contributed by atoms with E-state index in [9.17, 15) is 5.11 Å². The molecule has 0 radical (unpaired) electrons. The van der Waals surface area contributed by atoms with Gasteiger partial charge < -0.3 is 15.6 Å². The minimum Gasteiger partial charge on any atom is -0.508 e. The van der Waals surface area contributed by atoms with Crippen molar-refractivity contribution in [2.75, 3.05) is 0 Å². The first kappa shape index (κ1) is 12.8. The van der Waals surface area contributed by atoms with Gasteiger partial charge in [0.2, 0.25) is 0 Å². The quantitative estimate of drug-likeness (QED) is 0.828. The molecule has 0 fully saturated rings. The normalized spacial score (nSPS) is 13.6. The molecule has 0 heterocycles. The summed E-state index contributed by atoms with van der Waals surface area (Å²) in [5, 5.41) is 9.70. The van der Waals surface area contributed by atoms with Crippen LogP contribution < -0.4 is 10.5 Å². The monoisotopic (exact) mass is 223 g/mol. The highest BCUT2D eigenvalue weighted by molar-refractivity contribution is 5.41. The third kappa shape index (κ3) is 3.42. The van der Waals surface area contributed by atoms with Crippen LogP contribution in [0.25, 0.3) is 0 Å². The van der Waals surface area contributed by atoms with Gasteiger partial charge in [-0.25, -0.2) is 0 Å². The van der Waals surface area contributed by atoms with E-state index < -0.39 is 0 Å². The highest BCUT2D eigenvalue weighted by Gasteiger charge is 2.15. The van der Waals surface area contributed by atoms with Crippen molar-refractivity contribution in [3.8, 4) is 11.5 Å². The van der Waals surface area contributed by atoms with Crippen molar-refractivity contribution in [3.05, 3.63) is 23.8 Å². The third-order valence-electron chi connectivity index (χ3n) is 2.26. The second-order valence-electron chi connectivity index (χ2n) is 4.95. The maximum absolute atomic E-state index is 9.70. The first-order valence-electron chi connectivity index (χ1n) is 5.61. The van der Waals surface area contributed by atoms with E-state index in [0.29, 0.717) is 0 Å². The topological polar surface area (TPSA) is 55.5 Å². The zero-order valence-electron chi connectivity index (χ0n) is 10.4. The molecule has 90 valence electrons. The summed E-state index contributed by atoms with van der Waals surface area (Å²) in [5.74, 6) is 0.972. The summed E-state index contributed by atoms with van der Waals surface area (Å²) >= 11 is 0. The van der Waals surface area contributed by atoms with E-state index in [1.165, 1.54) is 0 Å². The van der Waals surface area contributed by atoms with Crippen LogP contribution in [0.1, 0.15) is 45.7 Å². The summed E-state index contributed by atoms with van der Waals surface area (Å²) in [4.78, 5) is 0. The van der Waals surface area contributed by atoms with E-state index in [2.05, 4.69) is 0 Å². The van der Waals surface area contributed by atoms with Gasteiger partial charge in [-0.1, -0.05) is 6.92 Å². The summed E-state index contributed by atoms with van der Waals surface area (Å²) in [6.45, 7) is 7.94. The molecule has 0 unspecified atom stereocenters. The SMILES string of the molecule is CC[C@H](N)c1cc(OC(C)(C)C)ccc1O. The highest BCUT2D eigenvalue weighted by Crippen LogP contribution is 2.30. The second-order valence-corrected chi connectivity index (χ2v) is 4.95. The fraction of sp³-hybridized carbons (Fsp3) is 0.538. The Morgan fingerprint density at radius 3 is 2.50 bits per heavy atom. The third-order valence-corrected chi connectivity index (χ3v) is 2.26. The highest BCUT2D eigenvalue weighted by atomic mass is 16.5. The van der Waals surface area contributed by atoms with Gasteiger partial charge in [-0.3, -0.25) is 0 Å². The van der Waals surface area contributed by atoms with Crippen molar-refractivity contribution in [1.82, 2.24) is 0 Å². The zero-order valence-corrected chi connectivity index (χ0v) is 10.4. The molecular formula is C13H21NO2. The summed E-state index contributed by atoms with van der Waals surface area (Å²) < 4.78 is 5.73. The molecule has 1 rings (SSSR count).